The van der Waals surface area contributed by atoms with E-state index < -0.39 is 0 Å². The van der Waals surface area contributed by atoms with Crippen LogP contribution in [-0.4, -0.2) is 5.78 Å². The van der Waals surface area contributed by atoms with Crippen molar-refractivity contribution in [3.8, 4) is 0 Å². The molecule has 1 nitrogen and oxygen atoms in total. The molecule has 0 spiro atoms. The molecule has 0 N–H and O–H groups in total. The van der Waals surface area contributed by atoms with E-state index in [0.29, 0.717) is 28.4 Å². The van der Waals surface area contributed by atoms with Crippen molar-refractivity contribution in [2.45, 2.75) is 98.8 Å². The number of fused-ring (bicyclic) bond motifs is 5. The number of rotatable bonds is 5. The Balaban J connectivity index is 1.50. The molecule has 4 saturated carbocycles. The second-order valence-electron chi connectivity index (χ2n) is 12.4. The molecule has 1 unspecified atom stereocenters. The average Bonchev–Trinajstić information content (AvgIpc) is 3.06. The van der Waals surface area contributed by atoms with Crippen LogP contribution in [0.4, 0.5) is 0 Å². The molecule has 1 heteroatoms. The summed E-state index contributed by atoms with van der Waals surface area (Å²) in [6.07, 6.45) is 17.1. The quantitative estimate of drug-likeness (QED) is 0.419. The SMILES string of the molecule is C=CC(=CC[C@@H](C)[C@H]1CC[C@H]2[C@@H]3CCC4CC(=O)CC[C@]4(C)[C@H]3CC[C@]12C)C(C)C. The van der Waals surface area contributed by atoms with Gasteiger partial charge in [0.15, 0.2) is 0 Å². The molecule has 4 rings (SSSR count). The van der Waals surface area contributed by atoms with Crippen LogP contribution in [0.25, 0.3) is 0 Å². The molecule has 4 fully saturated rings. The number of allylic oxidation sites excluding steroid dienone is 3. The third-order valence-electron chi connectivity index (χ3n) is 10.9. The van der Waals surface area contributed by atoms with Gasteiger partial charge in [0.1, 0.15) is 5.78 Å². The normalized spacial score (nSPS) is 44.9. The fourth-order valence-corrected chi connectivity index (χ4v) is 9.06. The summed E-state index contributed by atoms with van der Waals surface area (Å²) in [6, 6.07) is 0. The van der Waals surface area contributed by atoms with E-state index in [1.165, 1.54) is 56.9 Å². The molecule has 4 aliphatic carbocycles. The Kier molecular flexibility index (Phi) is 6.15. The summed E-state index contributed by atoms with van der Waals surface area (Å²) < 4.78 is 0. The van der Waals surface area contributed by atoms with E-state index in [1.807, 2.05) is 0 Å². The number of carbonyl (C=O) groups is 1. The van der Waals surface area contributed by atoms with Crippen molar-refractivity contribution in [2.24, 2.45) is 52.3 Å². The Bertz CT molecular complexity index is 701. The van der Waals surface area contributed by atoms with Gasteiger partial charge in [0.2, 0.25) is 0 Å². The largest absolute Gasteiger partial charge is 0.300 e. The molecular formula is C29H46O. The van der Waals surface area contributed by atoms with E-state index in [2.05, 4.69) is 53.3 Å². The van der Waals surface area contributed by atoms with Crippen molar-refractivity contribution < 1.29 is 4.79 Å². The highest BCUT2D eigenvalue weighted by Crippen LogP contribution is 2.68. The molecule has 0 aromatic rings. The molecule has 168 valence electrons. The molecule has 0 bridgehead atoms. The van der Waals surface area contributed by atoms with Gasteiger partial charge in [-0.15, -0.1) is 0 Å². The summed E-state index contributed by atoms with van der Waals surface area (Å²) in [7, 11) is 0. The first-order valence-corrected chi connectivity index (χ1v) is 13.0. The van der Waals surface area contributed by atoms with Crippen LogP contribution in [0.5, 0.6) is 0 Å². The van der Waals surface area contributed by atoms with Gasteiger partial charge < -0.3 is 0 Å². The van der Waals surface area contributed by atoms with Crippen LogP contribution in [-0.2, 0) is 4.79 Å². The minimum absolute atomic E-state index is 0.445. The summed E-state index contributed by atoms with van der Waals surface area (Å²) in [5, 5.41) is 0. The smallest absolute Gasteiger partial charge is 0.133 e. The molecule has 0 aromatic heterocycles. The fourth-order valence-electron chi connectivity index (χ4n) is 9.06. The van der Waals surface area contributed by atoms with Crippen LogP contribution in [0.2, 0.25) is 0 Å². The first kappa shape index (κ1) is 22.3. The van der Waals surface area contributed by atoms with Gasteiger partial charge in [0.05, 0.1) is 0 Å². The zero-order valence-corrected chi connectivity index (χ0v) is 20.4. The first-order chi connectivity index (χ1) is 14.2. The van der Waals surface area contributed by atoms with Crippen LogP contribution in [0.1, 0.15) is 98.8 Å². The second kappa shape index (κ2) is 8.25. The fraction of sp³-hybridized carbons (Fsp3) is 0.828. The molecule has 0 aliphatic heterocycles. The first-order valence-electron chi connectivity index (χ1n) is 13.0. The third-order valence-corrected chi connectivity index (χ3v) is 10.9. The van der Waals surface area contributed by atoms with Crippen molar-refractivity contribution in [3.63, 3.8) is 0 Å². The molecule has 0 saturated heterocycles. The predicted octanol–water partition coefficient (Wildman–Crippen LogP) is 8.01. The van der Waals surface area contributed by atoms with Gasteiger partial charge in [-0.1, -0.05) is 58.9 Å². The van der Waals surface area contributed by atoms with Gasteiger partial charge in [0, 0.05) is 12.8 Å². The molecule has 0 aromatic carbocycles. The Labute approximate surface area is 186 Å². The van der Waals surface area contributed by atoms with Crippen molar-refractivity contribution in [3.05, 3.63) is 24.3 Å². The standard InChI is InChI=1S/C29H46O/c1-7-21(19(2)3)9-8-20(4)25-12-13-26-24-11-10-22-18-23(30)14-16-28(22,5)27(24)15-17-29(25,26)6/h7,9,19-20,22,24-27H,1,8,10-18H2,2-6H3/t20-,22?,24+,25-,26+,27+,28+,29-/m1/s1. The monoisotopic (exact) mass is 410 g/mol. The molecule has 0 amide bonds. The summed E-state index contributed by atoms with van der Waals surface area (Å²) in [4.78, 5) is 12.1. The van der Waals surface area contributed by atoms with Crippen LogP contribution < -0.4 is 0 Å². The van der Waals surface area contributed by atoms with Crippen molar-refractivity contribution in [1.82, 2.24) is 0 Å². The van der Waals surface area contributed by atoms with Gasteiger partial charge in [0.25, 0.3) is 0 Å². The number of hydrogen-bond acceptors (Lipinski definition) is 1. The lowest BCUT2D eigenvalue weighted by atomic mass is 9.44. The van der Waals surface area contributed by atoms with E-state index >= 15 is 0 Å². The zero-order chi connectivity index (χ0) is 21.7. The molecule has 8 atom stereocenters. The van der Waals surface area contributed by atoms with E-state index in [-0.39, 0.29) is 0 Å². The maximum atomic E-state index is 12.1. The topological polar surface area (TPSA) is 17.1 Å². The van der Waals surface area contributed by atoms with Gasteiger partial charge in [-0.3, -0.25) is 4.79 Å². The lowest BCUT2D eigenvalue weighted by Crippen LogP contribution is -2.53. The highest BCUT2D eigenvalue weighted by molar-refractivity contribution is 5.79. The molecule has 0 radical (unpaired) electrons. The minimum Gasteiger partial charge on any atom is -0.300 e. The van der Waals surface area contributed by atoms with Crippen LogP contribution in [0, 0.1) is 52.3 Å². The summed E-state index contributed by atoms with van der Waals surface area (Å²) >= 11 is 0. The maximum Gasteiger partial charge on any atom is 0.133 e. The minimum atomic E-state index is 0.445. The van der Waals surface area contributed by atoms with E-state index in [4.69, 9.17) is 0 Å². The number of Topliss-reactive ketones (excluding diaryl/α,β-unsaturated/α-hetero) is 1. The Hall–Kier alpha value is -0.850. The highest BCUT2D eigenvalue weighted by atomic mass is 16.1. The van der Waals surface area contributed by atoms with Crippen molar-refractivity contribution in [1.29, 1.82) is 0 Å². The maximum absolute atomic E-state index is 12.1. The predicted molar refractivity (Wildman–Crippen MR) is 127 cm³/mol. The van der Waals surface area contributed by atoms with Gasteiger partial charge in [-0.2, -0.15) is 0 Å². The van der Waals surface area contributed by atoms with Crippen molar-refractivity contribution in [2.75, 3.05) is 0 Å². The van der Waals surface area contributed by atoms with Crippen LogP contribution >= 0.6 is 0 Å². The van der Waals surface area contributed by atoms with Crippen molar-refractivity contribution >= 4 is 5.78 Å². The Morgan fingerprint density at radius 3 is 2.47 bits per heavy atom. The molecule has 30 heavy (non-hydrogen) atoms. The van der Waals surface area contributed by atoms with E-state index in [0.717, 1.165) is 42.4 Å². The summed E-state index contributed by atoms with van der Waals surface area (Å²) in [5.41, 5.74) is 2.40. The second-order valence-corrected chi connectivity index (χ2v) is 12.4. The summed E-state index contributed by atoms with van der Waals surface area (Å²) in [5.74, 6) is 6.16. The van der Waals surface area contributed by atoms with E-state index in [1.54, 1.807) is 0 Å². The number of carbonyl (C=O) groups excluding carboxylic acids is 1. The third kappa shape index (κ3) is 3.57. The molecule has 0 heterocycles. The summed E-state index contributed by atoms with van der Waals surface area (Å²) in [6.45, 7) is 16.4. The Morgan fingerprint density at radius 2 is 1.77 bits per heavy atom. The van der Waals surface area contributed by atoms with E-state index in [9.17, 15) is 4.79 Å². The Morgan fingerprint density at radius 1 is 1.03 bits per heavy atom. The average molecular weight is 411 g/mol. The lowest BCUT2D eigenvalue weighted by molar-refractivity contribution is -0.140. The van der Waals surface area contributed by atoms with Crippen LogP contribution in [0.15, 0.2) is 24.3 Å². The molecular weight excluding hydrogens is 364 g/mol. The highest BCUT2D eigenvalue weighted by Gasteiger charge is 2.60. The van der Waals surface area contributed by atoms with Gasteiger partial charge in [-0.05, 0) is 104 Å². The van der Waals surface area contributed by atoms with Gasteiger partial charge >= 0.3 is 0 Å². The molecule has 4 aliphatic rings. The lowest BCUT2D eigenvalue weighted by Gasteiger charge is -2.60. The number of ketones is 1. The van der Waals surface area contributed by atoms with Gasteiger partial charge in [-0.25, -0.2) is 0 Å². The van der Waals surface area contributed by atoms with Crippen LogP contribution in [0.3, 0.4) is 0 Å². The number of hydrogen-bond donors (Lipinski definition) is 0. The zero-order valence-electron chi connectivity index (χ0n) is 20.4.